The van der Waals surface area contributed by atoms with E-state index >= 15 is 0 Å². The van der Waals surface area contributed by atoms with E-state index in [-0.39, 0.29) is 5.54 Å². The lowest BCUT2D eigenvalue weighted by Gasteiger charge is -2.24. The van der Waals surface area contributed by atoms with E-state index in [1.54, 1.807) is 0 Å². The van der Waals surface area contributed by atoms with Crippen molar-refractivity contribution >= 4 is 5.82 Å². The highest BCUT2D eigenvalue weighted by atomic mass is 15.2. The molecule has 0 unspecified atom stereocenters. The Morgan fingerprint density at radius 2 is 1.93 bits per heavy atom. The summed E-state index contributed by atoms with van der Waals surface area (Å²) in [6, 6.07) is 0. The van der Waals surface area contributed by atoms with E-state index in [0.29, 0.717) is 5.92 Å². The zero-order chi connectivity index (χ0) is 10.5. The maximum absolute atomic E-state index is 6.13. The van der Waals surface area contributed by atoms with Crippen LogP contribution in [0.2, 0.25) is 0 Å². The summed E-state index contributed by atoms with van der Waals surface area (Å²) in [5.41, 5.74) is 7.29. The number of aryl methyl sites for hydroxylation is 1. The molecular weight excluding hydrogens is 174 g/mol. The number of imidazole rings is 1. The highest BCUT2D eigenvalue weighted by Crippen LogP contribution is 2.43. The summed E-state index contributed by atoms with van der Waals surface area (Å²) in [6.07, 6.45) is 2.51. The number of aromatic nitrogens is 2. The van der Waals surface area contributed by atoms with Crippen LogP contribution in [0, 0.1) is 6.92 Å². The highest BCUT2D eigenvalue weighted by molar-refractivity contribution is 5.43. The summed E-state index contributed by atoms with van der Waals surface area (Å²) in [5.74, 6) is 2.55. The second-order valence-electron chi connectivity index (χ2n) is 5.21. The van der Waals surface area contributed by atoms with Gasteiger partial charge < -0.3 is 10.3 Å². The van der Waals surface area contributed by atoms with Crippen molar-refractivity contribution in [2.24, 2.45) is 0 Å². The average molecular weight is 193 g/mol. The van der Waals surface area contributed by atoms with E-state index < -0.39 is 0 Å². The van der Waals surface area contributed by atoms with Crippen LogP contribution in [0.25, 0.3) is 0 Å². The molecule has 3 nitrogen and oxygen atoms in total. The molecule has 1 aromatic rings. The molecule has 14 heavy (non-hydrogen) atoms. The van der Waals surface area contributed by atoms with Crippen molar-refractivity contribution < 1.29 is 0 Å². The van der Waals surface area contributed by atoms with Crippen molar-refractivity contribution in [2.75, 3.05) is 5.73 Å². The third-order valence-corrected chi connectivity index (χ3v) is 2.74. The molecular formula is C11H19N3. The summed E-state index contributed by atoms with van der Waals surface area (Å²) < 4.78 is 2.14. The Bertz CT molecular complexity index is 353. The van der Waals surface area contributed by atoms with Gasteiger partial charge in [0.2, 0.25) is 0 Å². The van der Waals surface area contributed by atoms with E-state index in [9.17, 15) is 0 Å². The first-order chi connectivity index (χ1) is 6.41. The van der Waals surface area contributed by atoms with Gasteiger partial charge in [-0.15, -0.1) is 0 Å². The van der Waals surface area contributed by atoms with Gasteiger partial charge in [0.25, 0.3) is 0 Å². The van der Waals surface area contributed by atoms with Gasteiger partial charge in [-0.1, -0.05) is 0 Å². The summed E-state index contributed by atoms with van der Waals surface area (Å²) in [6.45, 7) is 8.52. The van der Waals surface area contributed by atoms with E-state index in [1.165, 1.54) is 12.8 Å². The van der Waals surface area contributed by atoms with Crippen molar-refractivity contribution in [1.82, 2.24) is 9.55 Å². The molecule has 2 N–H and O–H groups in total. The molecule has 0 saturated heterocycles. The van der Waals surface area contributed by atoms with E-state index in [0.717, 1.165) is 17.3 Å². The Morgan fingerprint density at radius 1 is 1.36 bits per heavy atom. The molecule has 0 bridgehead atoms. The van der Waals surface area contributed by atoms with Gasteiger partial charge in [0.05, 0.1) is 5.69 Å². The summed E-state index contributed by atoms with van der Waals surface area (Å²) in [5, 5.41) is 0. The van der Waals surface area contributed by atoms with Crippen LogP contribution in [-0.4, -0.2) is 9.55 Å². The fraction of sp³-hybridized carbons (Fsp3) is 0.727. The molecule has 0 spiro atoms. The monoisotopic (exact) mass is 193 g/mol. The minimum Gasteiger partial charge on any atom is -0.384 e. The van der Waals surface area contributed by atoms with Gasteiger partial charge in [-0.3, -0.25) is 0 Å². The first kappa shape index (κ1) is 9.56. The molecule has 1 aromatic heterocycles. The van der Waals surface area contributed by atoms with Gasteiger partial charge in [-0.05, 0) is 40.5 Å². The van der Waals surface area contributed by atoms with Crippen LogP contribution in [0.1, 0.15) is 51.0 Å². The van der Waals surface area contributed by atoms with Gasteiger partial charge >= 0.3 is 0 Å². The lowest BCUT2D eigenvalue weighted by Crippen LogP contribution is -2.24. The van der Waals surface area contributed by atoms with Crippen molar-refractivity contribution in [1.29, 1.82) is 0 Å². The van der Waals surface area contributed by atoms with Crippen LogP contribution in [0.4, 0.5) is 5.82 Å². The summed E-state index contributed by atoms with van der Waals surface area (Å²) in [7, 11) is 0. The number of nitrogens with two attached hydrogens (primary N) is 1. The quantitative estimate of drug-likeness (QED) is 0.744. The standard InChI is InChI=1S/C11H19N3/c1-7-13-9(8-5-6-8)10(12)14(7)11(2,3)4/h8H,5-6,12H2,1-4H3. The number of nitrogens with zero attached hydrogens (tertiary/aromatic N) is 2. The molecule has 1 heterocycles. The largest absolute Gasteiger partial charge is 0.384 e. The third-order valence-electron chi connectivity index (χ3n) is 2.74. The molecule has 2 rings (SSSR count). The van der Waals surface area contributed by atoms with Crippen LogP contribution < -0.4 is 5.73 Å². The van der Waals surface area contributed by atoms with Crippen LogP contribution in [0.3, 0.4) is 0 Å². The summed E-state index contributed by atoms with van der Waals surface area (Å²) in [4.78, 5) is 4.58. The first-order valence-corrected chi connectivity index (χ1v) is 5.26. The predicted octanol–water partition coefficient (Wildman–Crippen LogP) is 2.41. The third kappa shape index (κ3) is 1.41. The van der Waals surface area contributed by atoms with Gasteiger partial charge in [-0.25, -0.2) is 4.98 Å². The van der Waals surface area contributed by atoms with Gasteiger partial charge in [0.15, 0.2) is 0 Å². The maximum atomic E-state index is 6.13. The molecule has 3 heteroatoms. The molecule has 1 fully saturated rings. The Balaban J connectivity index is 2.49. The Kier molecular flexibility index (Phi) is 1.88. The Morgan fingerprint density at radius 3 is 2.29 bits per heavy atom. The Labute approximate surface area is 85.3 Å². The summed E-state index contributed by atoms with van der Waals surface area (Å²) >= 11 is 0. The second kappa shape index (κ2) is 2.75. The molecule has 78 valence electrons. The minimum atomic E-state index is 0.0360. The van der Waals surface area contributed by atoms with E-state index in [1.807, 2.05) is 6.92 Å². The fourth-order valence-electron chi connectivity index (χ4n) is 2.07. The molecule has 1 saturated carbocycles. The van der Waals surface area contributed by atoms with Crippen molar-refractivity contribution in [3.63, 3.8) is 0 Å². The number of anilines is 1. The first-order valence-electron chi connectivity index (χ1n) is 5.26. The maximum Gasteiger partial charge on any atom is 0.127 e. The molecule has 0 atom stereocenters. The number of rotatable bonds is 1. The lowest BCUT2D eigenvalue weighted by atomic mass is 10.1. The van der Waals surface area contributed by atoms with Crippen LogP contribution >= 0.6 is 0 Å². The molecule has 0 radical (unpaired) electrons. The normalized spacial score (nSPS) is 17.4. The van der Waals surface area contributed by atoms with Crippen LogP contribution in [0.5, 0.6) is 0 Å². The minimum absolute atomic E-state index is 0.0360. The van der Waals surface area contributed by atoms with Crippen molar-refractivity contribution in [3.05, 3.63) is 11.5 Å². The zero-order valence-corrected chi connectivity index (χ0v) is 9.46. The Hall–Kier alpha value is -0.990. The van der Waals surface area contributed by atoms with Crippen LogP contribution in [-0.2, 0) is 5.54 Å². The lowest BCUT2D eigenvalue weighted by molar-refractivity contribution is 0.393. The van der Waals surface area contributed by atoms with Gasteiger partial charge in [0, 0.05) is 11.5 Å². The molecule has 1 aliphatic carbocycles. The predicted molar refractivity (Wildman–Crippen MR) is 58.3 cm³/mol. The van der Waals surface area contributed by atoms with Gasteiger partial charge in [0.1, 0.15) is 11.6 Å². The SMILES string of the molecule is Cc1nc(C2CC2)c(N)n1C(C)(C)C. The molecule has 0 aliphatic heterocycles. The zero-order valence-electron chi connectivity index (χ0n) is 9.46. The average Bonchev–Trinajstić information content (AvgIpc) is 2.76. The smallest absolute Gasteiger partial charge is 0.127 e. The fourth-order valence-corrected chi connectivity index (χ4v) is 2.07. The number of hydrogen-bond acceptors (Lipinski definition) is 2. The molecule has 0 aromatic carbocycles. The van der Waals surface area contributed by atoms with Crippen molar-refractivity contribution in [2.45, 2.75) is 52.0 Å². The topological polar surface area (TPSA) is 43.8 Å². The number of nitrogen functional groups attached to an aromatic ring is 1. The second-order valence-corrected chi connectivity index (χ2v) is 5.21. The highest BCUT2D eigenvalue weighted by Gasteiger charge is 2.31. The molecule has 0 amide bonds. The van der Waals surface area contributed by atoms with Crippen LogP contribution in [0.15, 0.2) is 0 Å². The molecule has 1 aliphatic rings. The van der Waals surface area contributed by atoms with E-state index in [2.05, 4.69) is 30.3 Å². The van der Waals surface area contributed by atoms with Gasteiger partial charge in [-0.2, -0.15) is 0 Å². The van der Waals surface area contributed by atoms with Crippen molar-refractivity contribution in [3.8, 4) is 0 Å². The number of hydrogen-bond donors (Lipinski definition) is 1. The van der Waals surface area contributed by atoms with E-state index in [4.69, 9.17) is 5.73 Å².